The van der Waals surface area contributed by atoms with Gasteiger partial charge < -0.3 is 10.1 Å². The minimum absolute atomic E-state index is 0.157. The fourth-order valence-electron chi connectivity index (χ4n) is 5.20. The summed E-state index contributed by atoms with van der Waals surface area (Å²) in [5, 5.41) is 14.8. The van der Waals surface area contributed by atoms with Gasteiger partial charge in [0.2, 0.25) is 0 Å². The highest BCUT2D eigenvalue weighted by Gasteiger charge is 2.36. The predicted octanol–water partition coefficient (Wildman–Crippen LogP) is 5.03. The van der Waals surface area contributed by atoms with Crippen LogP contribution in [0.1, 0.15) is 17.0 Å². The SMILES string of the molecule is Cc1c(-c2cnn(C)c2)nn(-c2ccccc2)c1NC(=O)N[C@@H]1CN(CCOCC(F)(F)F)C[C@H]1c1ccc(F)c(F)c1. The van der Waals surface area contributed by atoms with Crippen molar-refractivity contribution in [2.45, 2.75) is 25.1 Å². The Balaban J connectivity index is 1.37. The topological polar surface area (TPSA) is 89.2 Å². The van der Waals surface area contributed by atoms with Crippen LogP contribution in [0.25, 0.3) is 16.9 Å². The second kappa shape index (κ2) is 12.5. The molecule has 43 heavy (non-hydrogen) atoms. The third-order valence-electron chi connectivity index (χ3n) is 7.23. The molecule has 2 aromatic carbocycles. The van der Waals surface area contributed by atoms with Crippen molar-refractivity contribution >= 4 is 11.8 Å². The summed E-state index contributed by atoms with van der Waals surface area (Å²) in [6, 6.07) is 11.6. The highest BCUT2D eigenvalue weighted by molar-refractivity contribution is 5.91. The molecule has 3 heterocycles. The number of benzene rings is 2. The first-order valence-electron chi connectivity index (χ1n) is 13.5. The molecular weight excluding hydrogens is 573 g/mol. The van der Waals surface area contributed by atoms with Crippen LogP contribution in [0.4, 0.5) is 32.6 Å². The summed E-state index contributed by atoms with van der Waals surface area (Å²) in [6.07, 6.45) is -0.957. The van der Waals surface area contributed by atoms with Gasteiger partial charge in [0.1, 0.15) is 18.1 Å². The molecule has 2 amide bonds. The molecule has 1 saturated heterocycles. The number of amides is 2. The van der Waals surface area contributed by atoms with Gasteiger partial charge in [-0.3, -0.25) is 14.9 Å². The monoisotopic (exact) mass is 603 g/mol. The standard InChI is InChI=1S/C29H30F5N7O2/c1-18-26(20-13-35-39(2)14-20)38-41(21-6-4-3-5-7-21)27(18)37-28(42)36-25-16-40(10-11-43-17-29(32,33)34)15-22(25)19-8-9-23(30)24(31)12-19/h3-9,12-14,22,25H,10-11,15-17H2,1-2H3,(H2,36,37,42)/t22-,25+/m0/s1. The number of alkyl halides is 3. The van der Waals surface area contributed by atoms with E-state index in [4.69, 9.17) is 9.84 Å². The zero-order valence-electron chi connectivity index (χ0n) is 23.4. The molecule has 9 nitrogen and oxygen atoms in total. The number of nitrogens with zero attached hydrogens (tertiary/aromatic N) is 5. The minimum atomic E-state index is -4.44. The van der Waals surface area contributed by atoms with Crippen LogP contribution in [0.2, 0.25) is 0 Å². The van der Waals surface area contributed by atoms with Crippen LogP contribution in [0, 0.1) is 18.6 Å². The number of aryl methyl sites for hydroxylation is 1. The Morgan fingerprint density at radius 3 is 2.53 bits per heavy atom. The minimum Gasteiger partial charge on any atom is -0.371 e. The van der Waals surface area contributed by atoms with Gasteiger partial charge >= 0.3 is 12.2 Å². The zero-order chi connectivity index (χ0) is 30.7. The maximum absolute atomic E-state index is 14.1. The van der Waals surface area contributed by atoms with Gasteiger partial charge in [-0.1, -0.05) is 24.3 Å². The molecule has 0 saturated carbocycles. The second-order valence-electron chi connectivity index (χ2n) is 10.4. The Morgan fingerprint density at radius 1 is 1.09 bits per heavy atom. The van der Waals surface area contributed by atoms with E-state index in [2.05, 4.69) is 15.7 Å². The lowest BCUT2D eigenvalue weighted by Gasteiger charge is -2.21. The van der Waals surface area contributed by atoms with E-state index in [1.165, 1.54) is 6.07 Å². The molecule has 0 bridgehead atoms. The van der Waals surface area contributed by atoms with Crippen LogP contribution in [0.5, 0.6) is 0 Å². The summed E-state index contributed by atoms with van der Waals surface area (Å²) in [5.74, 6) is -2.08. The number of anilines is 1. The van der Waals surface area contributed by atoms with Crippen LogP contribution >= 0.6 is 0 Å². The molecule has 4 aromatic rings. The smallest absolute Gasteiger partial charge is 0.371 e. The van der Waals surface area contributed by atoms with E-state index < -0.39 is 42.4 Å². The largest absolute Gasteiger partial charge is 0.411 e. The molecule has 1 aliphatic rings. The van der Waals surface area contributed by atoms with Gasteiger partial charge in [-0.05, 0) is 36.8 Å². The van der Waals surface area contributed by atoms with Crippen molar-refractivity contribution in [3.05, 3.63) is 83.7 Å². The third kappa shape index (κ3) is 7.20. The van der Waals surface area contributed by atoms with Crippen molar-refractivity contribution in [1.82, 2.24) is 29.8 Å². The third-order valence-corrected chi connectivity index (χ3v) is 7.23. The van der Waals surface area contributed by atoms with Gasteiger partial charge in [0.05, 0.1) is 24.5 Å². The van der Waals surface area contributed by atoms with Gasteiger partial charge in [-0.15, -0.1) is 0 Å². The van der Waals surface area contributed by atoms with E-state index in [0.29, 0.717) is 28.3 Å². The molecule has 2 N–H and O–H groups in total. The number of aromatic nitrogens is 4. The quantitative estimate of drug-likeness (QED) is 0.207. The Morgan fingerprint density at radius 2 is 1.86 bits per heavy atom. The average molecular weight is 604 g/mol. The molecule has 2 aromatic heterocycles. The van der Waals surface area contributed by atoms with Crippen molar-refractivity contribution in [1.29, 1.82) is 0 Å². The van der Waals surface area contributed by atoms with Crippen LogP contribution < -0.4 is 10.6 Å². The lowest BCUT2D eigenvalue weighted by molar-refractivity contribution is -0.174. The van der Waals surface area contributed by atoms with E-state index in [1.54, 1.807) is 22.6 Å². The number of carbonyl (C=O) groups excluding carboxylic acids is 1. The second-order valence-corrected chi connectivity index (χ2v) is 10.4. The normalized spacial score (nSPS) is 17.4. The molecule has 14 heteroatoms. The summed E-state index contributed by atoms with van der Waals surface area (Å²) in [7, 11) is 1.79. The number of ether oxygens (including phenoxy) is 1. The first kappa shape index (κ1) is 30.2. The van der Waals surface area contributed by atoms with Gasteiger partial charge in [-0.2, -0.15) is 23.4 Å². The molecule has 0 unspecified atom stereocenters. The molecule has 1 aliphatic heterocycles. The number of carbonyl (C=O) groups is 1. The number of hydrogen-bond donors (Lipinski definition) is 2. The molecule has 0 spiro atoms. The van der Waals surface area contributed by atoms with Crippen molar-refractivity contribution in [2.24, 2.45) is 7.05 Å². The van der Waals surface area contributed by atoms with Crippen LogP contribution in [-0.4, -0.2) is 75.6 Å². The van der Waals surface area contributed by atoms with E-state index in [-0.39, 0.29) is 26.2 Å². The summed E-state index contributed by atoms with van der Waals surface area (Å²) >= 11 is 0. The first-order valence-corrected chi connectivity index (χ1v) is 13.5. The number of halogens is 5. The van der Waals surface area contributed by atoms with Gasteiger partial charge in [-0.25, -0.2) is 18.3 Å². The molecule has 228 valence electrons. The number of rotatable bonds is 9. The van der Waals surface area contributed by atoms with Crippen LogP contribution in [0.15, 0.2) is 60.9 Å². The van der Waals surface area contributed by atoms with Gasteiger partial charge in [0, 0.05) is 49.9 Å². The summed E-state index contributed by atoms with van der Waals surface area (Å²) in [5.41, 5.74) is 3.24. The van der Waals surface area contributed by atoms with Gasteiger partial charge in [0.15, 0.2) is 11.6 Å². The van der Waals surface area contributed by atoms with Crippen molar-refractivity contribution in [3.63, 3.8) is 0 Å². The lowest BCUT2D eigenvalue weighted by atomic mass is 9.94. The van der Waals surface area contributed by atoms with E-state index in [1.807, 2.05) is 48.4 Å². The Kier molecular flexibility index (Phi) is 8.78. The summed E-state index contributed by atoms with van der Waals surface area (Å²) < 4.78 is 73.3. The van der Waals surface area contributed by atoms with Crippen molar-refractivity contribution in [2.75, 3.05) is 38.2 Å². The lowest BCUT2D eigenvalue weighted by Crippen LogP contribution is -2.42. The number of likely N-dealkylation sites (tertiary alicyclic amines) is 1. The highest BCUT2D eigenvalue weighted by Crippen LogP contribution is 2.32. The number of hydrogen-bond acceptors (Lipinski definition) is 5. The van der Waals surface area contributed by atoms with Gasteiger partial charge in [0.25, 0.3) is 0 Å². The molecule has 0 aliphatic carbocycles. The maximum Gasteiger partial charge on any atom is 0.411 e. The number of nitrogens with one attached hydrogen (secondary N) is 2. The van der Waals surface area contributed by atoms with Crippen molar-refractivity contribution in [3.8, 4) is 16.9 Å². The fraction of sp³-hybridized carbons (Fsp3) is 0.345. The van der Waals surface area contributed by atoms with Crippen LogP contribution in [0.3, 0.4) is 0 Å². The maximum atomic E-state index is 14.1. The zero-order valence-corrected chi connectivity index (χ0v) is 23.4. The Labute approximate surface area is 244 Å². The predicted molar refractivity (Wildman–Crippen MR) is 149 cm³/mol. The number of para-hydroxylation sites is 1. The van der Waals surface area contributed by atoms with E-state index in [0.717, 1.165) is 17.7 Å². The van der Waals surface area contributed by atoms with Crippen LogP contribution in [-0.2, 0) is 11.8 Å². The highest BCUT2D eigenvalue weighted by atomic mass is 19.4. The van der Waals surface area contributed by atoms with E-state index >= 15 is 0 Å². The first-order chi connectivity index (χ1) is 20.5. The van der Waals surface area contributed by atoms with Crippen molar-refractivity contribution < 1.29 is 31.5 Å². The summed E-state index contributed by atoms with van der Waals surface area (Å²) in [6.45, 7) is 0.974. The summed E-state index contributed by atoms with van der Waals surface area (Å²) in [4.78, 5) is 15.3. The Bertz CT molecular complexity index is 1570. The number of urea groups is 1. The fourth-order valence-corrected chi connectivity index (χ4v) is 5.20. The average Bonchev–Trinajstić information content (AvgIpc) is 3.66. The molecule has 1 fully saturated rings. The molecular formula is C29H30F5N7O2. The molecule has 0 radical (unpaired) electrons. The molecule has 5 rings (SSSR count). The molecule has 2 atom stereocenters. The Hall–Kier alpha value is -4.30. The van der Waals surface area contributed by atoms with E-state index in [9.17, 15) is 26.7 Å².